The van der Waals surface area contributed by atoms with E-state index in [1.807, 2.05) is 11.8 Å². The molecule has 0 aliphatic carbocycles. The Morgan fingerprint density at radius 2 is 1.96 bits per heavy atom. The monoisotopic (exact) mass is 482 g/mol. The van der Waals surface area contributed by atoms with E-state index in [4.69, 9.17) is 4.74 Å². The first kappa shape index (κ1) is 25.4. The molecule has 26 heavy (non-hydrogen) atoms. The highest BCUT2D eigenvalue weighted by atomic mass is 127. The molecule has 154 valence electrons. The van der Waals surface area contributed by atoms with Crippen LogP contribution < -0.4 is 10.6 Å². The number of likely N-dealkylation sites (tertiary alicyclic amines) is 1. The average molecular weight is 482 g/mol. The lowest BCUT2D eigenvalue weighted by molar-refractivity contribution is -0.134. The van der Waals surface area contributed by atoms with Crippen molar-refractivity contribution in [2.24, 2.45) is 4.99 Å². The molecule has 0 spiro atoms. The molecule has 0 aromatic carbocycles. The molecule has 0 saturated carbocycles. The van der Waals surface area contributed by atoms with Crippen molar-refractivity contribution in [3.05, 3.63) is 0 Å². The predicted octanol–water partition coefficient (Wildman–Crippen LogP) is 3.16. The van der Waals surface area contributed by atoms with Gasteiger partial charge in [-0.2, -0.15) is 0 Å². The molecule has 1 aliphatic rings. The Balaban J connectivity index is 0.00000625. The molecule has 1 unspecified atom stereocenters. The number of hydrogen-bond acceptors (Lipinski definition) is 3. The number of halogens is 1. The minimum atomic E-state index is 0. The van der Waals surface area contributed by atoms with Crippen LogP contribution in [0.15, 0.2) is 4.99 Å². The third kappa shape index (κ3) is 11.2. The molecule has 0 radical (unpaired) electrons. The van der Waals surface area contributed by atoms with E-state index in [1.54, 1.807) is 0 Å². The summed E-state index contributed by atoms with van der Waals surface area (Å²) in [6.45, 7) is 11.0. The van der Waals surface area contributed by atoms with Crippen molar-refractivity contribution in [2.75, 3.05) is 39.4 Å². The number of carbonyl (C=O) groups is 1. The van der Waals surface area contributed by atoms with Crippen LogP contribution in [0.4, 0.5) is 0 Å². The summed E-state index contributed by atoms with van der Waals surface area (Å²) in [5.41, 5.74) is 0. The lowest BCUT2D eigenvalue weighted by atomic mass is 10.0. The van der Waals surface area contributed by atoms with Crippen molar-refractivity contribution in [3.63, 3.8) is 0 Å². The number of piperidine rings is 1. The van der Waals surface area contributed by atoms with Gasteiger partial charge in [0.1, 0.15) is 0 Å². The average Bonchev–Trinajstić information content (AvgIpc) is 2.61. The second kappa shape index (κ2) is 16.6. The van der Waals surface area contributed by atoms with Crippen LogP contribution in [0.2, 0.25) is 0 Å². The summed E-state index contributed by atoms with van der Waals surface area (Å²) in [6, 6.07) is 0.385. The summed E-state index contributed by atoms with van der Waals surface area (Å²) >= 11 is 0. The quantitative estimate of drug-likeness (QED) is 0.206. The first-order valence-corrected chi connectivity index (χ1v) is 10.1. The van der Waals surface area contributed by atoms with E-state index in [0.717, 1.165) is 64.5 Å². The van der Waals surface area contributed by atoms with Crippen LogP contribution in [-0.2, 0) is 9.53 Å². The normalized spacial score (nSPS) is 17.6. The smallest absolute Gasteiger partial charge is 0.224 e. The van der Waals surface area contributed by atoms with Crippen molar-refractivity contribution < 1.29 is 9.53 Å². The Bertz CT molecular complexity index is 394. The fourth-order valence-corrected chi connectivity index (χ4v) is 2.95. The standard InChI is InChI=1S/C19H38N4O2.HI/c1-4-6-15-25-16-9-12-21-19(20-5-2)22-13-11-18(24)23-14-8-7-10-17(23)3;/h17H,4-16H2,1-3H3,(H2,20,21,22);1H. The van der Waals surface area contributed by atoms with Gasteiger partial charge in [-0.05, 0) is 46.0 Å². The van der Waals surface area contributed by atoms with E-state index in [-0.39, 0.29) is 29.9 Å². The van der Waals surface area contributed by atoms with Crippen LogP contribution in [0.3, 0.4) is 0 Å². The number of aliphatic imine (C=N–C) groups is 1. The predicted molar refractivity (Wildman–Crippen MR) is 119 cm³/mol. The molecule has 1 atom stereocenters. The van der Waals surface area contributed by atoms with E-state index < -0.39 is 0 Å². The van der Waals surface area contributed by atoms with Crippen LogP contribution >= 0.6 is 24.0 Å². The Morgan fingerprint density at radius 1 is 1.19 bits per heavy atom. The zero-order chi connectivity index (χ0) is 18.3. The largest absolute Gasteiger partial charge is 0.381 e. The Labute approximate surface area is 176 Å². The second-order valence-corrected chi connectivity index (χ2v) is 6.69. The summed E-state index contributed by atoms with van der Waals surface area (Å²) in [5.74, 6) is 1.04. The molecule has 1 amide bonds. The van der Waals surface area contributed by atoms with Crippen molar-refractivity contribution in [2.45, 2.75) is 71.8 Å². The van der Waals surface area contributed by atoms with Gasteiger partial charge in [0.15, 0.2) is 5.96 Å². The lowest BCUT2D eigenvalue weighted by Crippen LogP contribution is -2.44. The Hall–Kier alpha value is -0.570. The topological polar surface area (TPSA) is 66.0 Å². The Kier molecular flexibility index (Phi) is 16.2. The molecule has 1 heterocycles. The van der Waals surface area contributed by atoms with Gasteiger partial charge in [-0.15, -0.1) is 24.0 Å². The molecule has 0 aromatic rings. The highest BCUT2D eigenvalue weighted by Crippen LogP contribution is 2.16. The van der Waals surface area contributed by atoms with Crippen LogP contribution in [0.5, 0.6) is 0 Å². The fourth-order valence-electron chi connectivity index (χ4n) is 2.95. The number of hydrogen-bond donors (Lipinski definition) is 2. The highest BCUT2D eigenvalue weighted by Gasteiger charge is 2.22. The fraction of sp³-hybridized carbons (Fsp3) is 0.895. The van der Waals surface area contributed by atoms with Crippen LogP contribution in [0, 0.1) is 0 Å². The van der Waals surface area contributed by atoms with Gasteiger partial charge < -0.3 is 20.3 Å². The van der Waals surface area contributed by atoms with E-state index in [2.05, 4.69) is 29.5 Å². The summed E-state index contributed by atoms with van der Waals surface area (Å²) in [4.78, 5) is 18.9. The maximum atomic E-state index is 12.3. The van der Waals surface area contributed by atoms with Crippen molar-refractivity contribution in [3.8, 4) is 0 Å². The maximum absolute atomic E-state index is 12.3. The number of amides is 1. The molecule has 1 aliphatic heterocycles. The van der Waals surface area contributed by atoms with Gasteiger partial charge in [-0.3, -0.25) is 9.79 Å². The zero-order valence-electron chi connectivity index (χ0n) is 16.9. The van der Waals surface area contributed by atoms with Gasteiger partial charge >= 0.3 is 0 Å². The minimum absolute atomic E-state index is 0. The Morgan fingerprint density at radius 3 is 2.65 bits per heavy atom. The van der Waals surface area contributed by atoms with E-state index in [0.29, 0.717) is 19.0 Å². The van der Waals surface area contributed by atoms with Crippen LogP contribution in [-0.4, -0.2) is 62.2 Å². The third-order valence-electron chi connectivity index (χ3n) is 4.46. The first-order valence-electron chi connectivity index (χ1n) is 10.1. The highest BCUT2D eigenvalue weighted by molar-refractivity contribution is 14.0. The van der Waals surface area contributed by atoms with Crippen LogP contribution in [0.25, 0.3) is 0 Å². The van der Waals surface area contributed by atoms with Crippen LogP contribution in [0.1, 0.15) is 65.7 Å². The van der Waals surface area contributed by atoms with Gasteiger partial charge in [-0.25, -0.2) is 0 Å². The third-order valence-corrected chi connectivity index (χ3v) is 4.46. The van der Waals surface area contributed by atoms with Crippen molar-refractivity contribution in [1.82, 2.24) is 15.5 Å². The van der Waals surface area contributed by atoms with Gasteiger partial charge in [0.25, 0.3) is 0 Å². The number of guanidine groups is 1. The second-order valence-electron chi connectivity index (χ2n) is 6.69. The van der Waals surface area contributed by atoms with Gasteiger partial charge in [-0.1, -0.05) is 13.3 Å². The lowest BCUT2D eigenvalue weighted by Gasteiger charge is -2.33. The molecule has 0 aromatic heterocycles. The van der Waals surface area contributed by atoms with Gasteiger partial charge in [0.05, 0.1) is 0 Å². The SMILES string of the molecule is CCCCOCCCN=C(NCC)NCCC(=O)N1CCCCC1C.I. The number of ether oxygens (including phenoxy) is 1. The molecule has 1 fully saturated rings. The summed E-state index contributed by atoms with van der Waals surface area (Å²) in [7, 11) is 0. The number of unbranched alkanes of at least 4 members (excludes halogenated alkanes) is 1. The summed E-state index contributed by atoms with van der Waals surface area (Å²) in [5, 5.41) is 6.50. The molecule has 1 saturated heterocycles. The maximum Gasteiger partial charge on any atom is 0.224 e. The van der Waals surface area contributed by atoms with Crippen molar-refractivity contribution >= 4 is 35.8 Å². The molecular formula is C19H39IN4O2. The first-order chi connectivity index (χ1) is 12.2. The molecule has 1 rings (SSSR count). The van der Waals surface area contributed by atoms with E-state index in [1.165, 1.54) is 12.8 Å². The van der Waals surface area contributed by atoms with E-state index in [9.17, 15) is 4.79 Å². The number of nitrogens with one attached hydrogen (secondary N) is 2. The number of rotatable bonds is 11. The number of carbonyl (C=O) groups excluding carboxylic acids is 1. The van der Waals surface area contributed by atoms with Gasteiger partial charge in [0.2, 0.25) is 5.91 Å². The molecular weight excluding hydrogens is 443 g/mol. The van der Waals surface area contributed by atoms with Crippen molar-refractivity contribution in [1.29, 1.82) is 0 Å². The zero-order valence-corrected chi connectivity index (χ0v) is 19.2. The summed E-state index contributed by atoms with van der Waals surface area (Å²) in [6.07, 6.45) is 7.23. The number of nitrogens with zero attached hydrogens (tertiary/aromatic N) is 2. The molecule has 0 bridgehead atoms. The van der Waals surface area contributed by atoms with Gasteiger partial charge in [0, 0.05) is 51.9 Å². The minimum Gasteiger partial charge on any atom is -0.381 e. The summed E-state index contributed by atoms with van der Waals surface area (Å²) < 4.78 is 5.55. The molecule has 2 N–H and O–H groups in total. The molecule has 6 nitrogen and oxygen atoms in total. The van der Waals surface area contributed by atoms with E-state index >= 15 is 0 Å². The molecule has 7 heteroatoms.